The molecule has 3 rings (SSSR count). The Balaban J connectivity index is 2.22. The predicted octanol–water partition coefficient (Wildman–Crippen LogP) is 3.79. The Morgan fingerprint density at radius 2 is 2.23 bits per heavy atom. The van der Waals surface area contributed by atoms with Crippen molar-refractivity contribution in [2.45, 2.75) is 37.0 Å². The molecule has 2 unspecified atom stereocenters. The highest BCUT2D eigenvalue weighted by molar-refractivity contribution is 6.21. The lowest BCUT2D eigenvalue weighted by molar-refractivity contribution is 0.551. The zero-order chi connectivity index (χ0) is 8.84. The zero-order valence-electron chi connectivity index (χ0n) is 7.59. The second kappa shape index (κ2) is 2.75. The zero-order valence-corrected chi connectivity index (χ0v) is 8.35. The summed E-state index contributed by atoms with van der Waals surface area (Å²) < 4.78 is 0. The molecule has 1 aromatic rings. The molecule has 0 nitrogen and oxygen atoms in total. The van der Waals surface area contributed by atoms with Crippen molar-refractivity contribution in [3.63, 3.8) is 0 Å². The third kappa shape index (κ3) is 1.05. The Morgan fingerprint density at radius 3 is 3.15 bits per heavy atom. The standard InChI is InChI=1S/C12H13Cl/c13-11-7-9-5-1-3-8-4-2-6-10(11)12(8)9/h2,4,6,9,11H,1,3,5,7H2. The highest BCUT2D eigenvalue weighted by Gasteiger charge is 2.33. The first kappa shape index (κ1) is 7.87. The van der Waals surface area contributed by atoms with Gasteiger partial charge in [-0.15, -0.1) is 11.6 Å². The van der Waals surface area contributed by atoms with E-state index in [0.29, 0.717) is 0 Å². The van der Waals surface area contributed by atoms with Crippen molar-refractivity contribution in [1.29, 1.82) is 0 Å². The SMILES string of the molecule is ClC1CC2CCCc3cccc1c32. The minimum Gasteiger partial charge on any atom is -0.118 e. The molecule has 0 fully saturated rings. The van der Waals surface area contributed by atoms with Crippen LogP contribution in [0.2, 0.25) is 0 Å². The summed E-state index contributed by atoms with van der Waals surface area (Å²) in [6, 6.07) is 6.65. The largest absolute Gasteiger partial charge is 0.118 e. The van der Waals surface area contributed by atoms with Crippen molar-refractivity contribution in [2.24, 2.45) is 0 Å². The molecule has 2 aliphatic rings. The molecule has 0 spiro atoms. The molecule has 1 aromatic carbocycles. The number of hydrogen-bond acceptors (Lipinski definition) is 0. The van der Waals surface area contributed by atoms with E-state index in [1.54, 1.807) is 11.1 Å². The van der Waals surface area contributed by atoms with E-state index in [2.05, 4.69) is 18.2 Å². The molecule has 1 heteroatoms. The summed E-state index contributed by atoms with van der Waals surface area (Å²) in [6.45, 7) is 0. The minimum absolute atomic E-state index is 0.290. The smallest absolute Gasteiger partial charge is 0.0593 e. The maximum Gasteiger partial charge on any atom is 0.0593 e. The van der Waals surface area contributed by atoms with Gasteiger partial charge < -0.3 is 0 Å². The molecule has 0 saturated heterocycles. The molecule has 0 heterocycles. The van der Waals surface area contributed by atoms with Crippen LogP contribution >= 0.6 is 11.6 Å². The third-order valence-corrected chi connectivity index (χ3v) is 3.88. The van der Waals surface area contributed by atoms with Crippen molar-refractivity contribution in [1.82, 2.24) is 0 Å². The highest BCUT2D eigenvalue weighted by Crippen LogP contribution is 2.49. The highest BCUT2D eigenvalue weighted by atomic mass is 35.5. The van der Waals surface area contributed by atoms with Gasteiger partial charge in [-0.05, 0) is 48.3 Å². The normalized spacial score (nSPS) is 30.2. The van der Waals surface area contributed by atoms with Gasteiger partial charge in [0.1, 0.15) is 0 Å². The van der Waals surface area contributed by atoms with Crippen molar-refractivity contribution in [3.8, 4) is 0 Å². The fourth-order valence-corrected chi connectivity index (χ4v) is 3.32. The molecule has 0 N–H and O–H groups in total. The third-order valence-electron chi connectivity index (χ3n) is 3.47. The van der Waals surface area contributed by atoms with Gasteiger partial charge in [0.25, 0.3) is 0 Å². The van der Waals surface area contributed by atoms with Crippen LogP contribution in [0.5, 0.6) is 0 Å². The van der Waals surface area contributed by atoms with E-state index in [9.17, 15) is 0 Å². The van der Waals surface area contributed by atoms with Crippen LogP contribution in [-0.2, 0) is 6.42 Å². The predicted molar refractivity (Wildman–Crippen MR) is 55.3 cm³/mol. The summed E-state index contributed by atoms with van der Waals surface area (Å²) in [5.41, 5.74) is 4.59. The van der Waals surface area contributed by atoms with E-state index in [0.717, 1.165) is 5.92 Å². The number of aryl methyl sites for hydroxylation is 1. The van der Waals surface area contributed by atoms with Crippen LogP contribution < -0.4 is 0 Å². The molecule has 0 radical (unpaired) electrons. The summed E-state index contributed by atoms with van der Waals surface area (Å²) >= 11 is 6.32. The van der Waals surface area contributed by atoms with Crippen LogP contribution in [0, 0.1) is 0 Å². The molecule has 0 bridgehead atoms. The van der Waals surface area contributed by atoms with Gasteiger partial charge in [0.15, 0.2) is 0 Å². The molecule has 2 atom stereocenters. The first-order valence-corrected chi connectivity index (χ1v) is 5.55. The summed E-state index contributed by atoms with van der Waals surface area (Å²) in [4.78, 5) is 0. The van der Waals surface area contributed by atoms with Crippen LogP contribution in [0.4, 0.5) is 0 Å². The van der Waals surface area contributed by atoms with Crippen molar-refractivity contribution in [2.75, 3.05) is 0 Å². The van der Waals surface area contributed by atoms with Crippen molar-refractivity contribution >= 4 is 11.6 Å². The molecular formula is C12H13Cl. The number of hydrogen-bond donors (Lipinski definition) is 0. The molecule has 0 saturated carbocycles. The van der Waals surface area contributed by atoms with E-state index < -0.39 is 0 Å². The topological polar surface area (TPSA) is 0 Å². The Kier molecular flexibility index (Phi) is 1.66. The average molecular weight is 193 g/mol. The minimum atomic E-state index is 0.290. The van der Waals surface area contributed by atoms with Gasteiger partial charge in [-0.3, -0.25) is 0 Å². The van der Waals surface area contributed by atoms with Crippen molar-refractivity contribution < 1.29 is 0 Å². The first-order valence-electron chi connectivity index (χ1n) is 5.12. The van der Waals surface area contributed by atoms with Crippen molar-refractivity contribution in [3.05, 3.63) is 34.9 Å². The monoisotopic (exact) mass is 192 g/mol. The van der Waals surface area contributed by atoms with Gasteiger partial charge in [-0.2, -0.15) is 0 Å². The number of alkyl halides is 1. The maximum absolute atomic E-state index is 6.32. The summed E-state index contributed by atoms with van der Waals surface area (Å²) in [5.74, 6) is 0.780. The van der Waals surface area contributed by atoms with E-state index in [4.69, 9.17) is 11.6 Å². The first-order chi connectivity index (χ1) is 6.36. The summed E-state index contributed by atoms with van der Waals surface area (Å²) in [5, 5.41) is 0.290. The maximum atomic E-state index is 6.32. The van der Waals surface area contributed by atoms with E-state index in [1.807, 2.05) is 0 Å². The van der Waals surface area contributed by atoms with E-state index in [-0.39, 0.29) is 5.38 Å². The van der Waals surface area contributed by atoms with Gasteiger partial charge in [0, 0.05) is 0 Å². The second-order valence-corrected chi connectivity index (χ2v) is 4.74. The molecule has 0 aliphatic heterocycles. The molecule has 0 amide bonds. The Labute approximate surface area is 83.9 Å². The van der Waals surface area contributed by atoms with Crippen LogP contribution in [0.1, 0.15) is 47.2 Å². The molecule has 13 heavy (non-hydrogen) atoms. The number of rotatable bonds is 0. The molecule has 0 aromatic heterocycles. The Morgan fingerprint density at radius 1 is 1.31 bits per heavy atom. The second-order valence-electron chi connectivity index (χ2n) is 4.21. The lowest BCUT2D eigenvalue weighted by Gasteiger charge is -2.20. The van der Waals surface area contributed by atoms with E-state index in [1.165, 1.54) is 31.2 Å². The fraction of sp³-hybridized carbons (Fsp3) is 0.500. The summed E-state index contributed by atoms with van der Waals surface area (Å²) in [7, 11) is 0. The quantitative estimate of drug-likeness (QED) is 0.549. The average Bonchev–Trinajstić information content (AvgIpc) is 2.47. The van der Waals surface area contributed by atoms with Gasteiger partial charge in [-0.25, -0.2) is 0 Å². The Hall–Kier alpha value is -0.490. The van der Waals surface area contributed by atoms with Gasteiger partial charge >= 0.3 is 0 Å². The summed E-state index contributed by atoms with van der Waals surface area (Å²) in [6.07, 6.45) is 5.15. The van der Waals surface area contributed by atoms with Gasteiger partial charge in [0.05, 0.1) is 5.38 Å². The van der Waals surface area contributed by atoms with Crippen LogP contribution in [0.25, 0.3) is 0 Å². The fourth-order valence-electron chi connectivity index (χ4n) is 2.92. The number of halogens is 1. The van der Waals surface area contributed by atoms with Crippen LogP contribution in [0.3, 0.4) is 0 Å². The number of benzene rings is 1. The lowest BCUT2D eigenvalue weighted by atomic mass is 9.84. The molecule has 2 aliphatic carbocycles. The lowest BCUT2D eigenvalue weighted by Crippen LogP contribution is -2.05. The van der Waals surface area contributed by atoms with Gasteiger partial charge in [-0.1, -0.05) is 18.2 Å². The molecule has 68 valence electrons. The molecular weight excluding hydrogens is 180 g/mol. The van der Waals surface area contributed by atoms with Gasteiger partial charge in [0.2, 0.25) is 0 Å². The van der Waals surface area contributed by atoms with Crippen LogP contribution in [0.15, 0.2) is 18.2 Å². The Bertz CT molecular complexity index is 343. The van der Waals surface area contributed by atoms with E-state index >= 15 is 0 Å². The van der Waals surface area contributed by atoms with Crippen LogP contribution in [-0.4, -0.2) is 0 Å².